The third kappa shape index (κ3) is 2.51. The molecule has 0 radical (unpaired) electrons. The van der Waals surface area contributed by atoms with Crippen LogP contribution in [0.4, 0.5) is 4.39 Å². The molecule has 0 saturated carbocycles. The number of benzene rings is 2. The van der Waals surface area contributed by atoms with Gasteiger partial charge in [-0.05, 0) is 23.3 Å². The zero-order chi connectivity index (χ0) is 13.0. The second kappa shape index (κ2) is 5.65. The van der Waals surface area contributed by atoms with Crippen molar-refractivity contribution in [2.24, 2.45) is 5.73 Å². The van der Waals surface area contributed by atoms with Gasteiger partial charge in [-0.25, -0.2) is 4.39 Å². The predicted octanol–water partition coefficient (Wildman–Crippen LogP) is 2.92. The maximum Gasteiger partial charge on any atom is 0.165 e. The summed E-state index contributed by atoms with van der Waals surface area (Å²) in [6.45, 7) is 0.440. The molecule has 0 saturated heterocycles. The van der Waals surface area contributed by atoms with Gasteiger partial charge in [-0.3, -0.25) is 0 Å². The standard InChI is InChI=1S/C15H16FNO/c1-18-15-8-7-12(9-14(15)16)13(10-17)11-5-3-2-4-6-11/h2-9,13H,10,17H2,1H3. The van der Waals surface area contributed by atoms with Crippen LogP contribution in [-0.2, 0) is 0 Å². The lowest BCUT2D eigenvalue weighted by Gasteiger charge is -2.16. The zero-order valence-corrected chi connectivity index (χ0v) is 10.3. The third-order valence-electron chi connectivity index (χ3n) is 3.02. The molecule has 3 heteroatoms. The summed E-state index contributed by atoms with van der Waals surface area (Å²) in [7, 11) is 1.45. The van der Waals surface area contributed by atoms with Crippen LogP contribution in [0, 0.1) is 5.82 Å². The second-order valence-electron chi connectivity index (χ2n) is 4.09. The fraction of sp³-hybridized carbons (Fsp3) is 0.200. The Labute approximate surface area is 106 Å². The minimum absolute atomic E-state index is 0.00612. The molecule has 1 atom stereocenters. The average molecular weight is 245 g/mol. The van der Waals surface area contributed by atoms with Gasteiger partial charge in [-0.1, -0.05) is 36.4 Å². The van der Waals surface area contributed by atoms with Crippen LogP contribution >= 0.6 is 0 Å². The van der Waals surface area contributed by atoms with E-state index in [2.05, 4.69) is 0 Å². The summed E-state index contributed by atoms with van der Waals surface area (Å²) in [5, 5.41) is 0. The number of halogens is 1. The Kier molecular flexibility index (Phi) is 3.95. The molecule has 2 N–H and O–H groups in total. The molecule has 2 nitrogen and oxygen atoms in total. The monoisotopic (exact) mass is 245 g/mol. The van der Waals surface area contributed by atoms with Gasteiger partial charge in [-0.2, -0.15) is 0 Å². The lowest BCUT2D eigenvalue weighted by atomic mass is 9.91. The third-order valence-corrected chi connectivity index (χ3v) is 3.02. The van der Waals surface area contributed by atoms with Crippen molar-refractivity contribution in [3.05, 3.63) is 65.5 Å². The summed E-state index contributed by atoms with van der Waals surface area (Å²) < 4.78 is 18.6. The first-order valence-corrected chi connectivity index (χ1v) is 5.84. The summed E-state index contributed by atoms with van der Waals surface area (Å²) in [4.78, 5) is 0. The van der Waals surface area contributed by atoms with Crippen molar-refractivity contribution in [2.75, 3.05) is 13.7 Å². The van der Waals surface area contributed by atoms with Gasteiger partial charge in [0.2, 0.25) is 0 Å². The smallest absolute Gasteiger partial charge is 0.165 e. The Hall–Kier alpha value is -1.87. The molecule has 0 bridgehead atoms. The molecular formula is C15H16FNO. The van der Waals surface area contributed by atoms with Crippen LogP contribution in [0.25, 0.3) is 0 Å². The summed E-state index contributed by atoms with van der Waals surface area (Å²) in [6, 6.07) is 14.8. The maximum atomic E-state index is 13.7. The van der Waals surface area contributed by atoms with Gasteiger partial charge in [-0.15, -0.1) is 0 Å². The van der Waals surface area contributed by atoms with Gasteiger partial charge in [0, 0.05) is 12.5 Å². The number of ether oxygens (including phenoxy) is 1. The van der Waals surface area contributed by atoms with Crippen LogP contribution in [0.1, 0.15) is 17.0 Å². The number of rotatable bonds is 4. The van der Waals surface area contributed by atoms with Gasteiger partial charge in [0.05, 0.1) is 7.11 Å². The Morgan fingerprint density at radius 2 is 1.83 bits per heavy atom. The molecule has 0 aliphatic rings. The van der Waals surface area contributed by atoms with E-state index < -0.39 is 0 Å². The normalized spacial score (nSPS) is 12.2. The SMILES string of the molecule is COc1ccc(C(CN)c2ccccc2)cc1F. The molecule has 1 unspecified atom stereocenters. The maximum absolute atomic E-state index is 13.7. The highest BCUT2D eigenvalue weighted by atomic mass is 19.1. The van der Waals surface area contributed by atoms with Gasteiger partial charge in [0.15, 0.2) is 11.6 Å². The van der Waals surface area contributed by atoms with Crippen LogP contribution < -0.4 is 10.5 Å². The summed E-state index contributed by atoms with van der Waals surface area (Å²) >= 11 is 0. The van der Waals surface area contributed by atoms with Crippen molar-refractivity contribution < 1.29 is 9.13 Å². The van der Waals surface area contributed by atoms with Crippen molar-refractivity contribution in [1.82, 2.24) is 0 Å². The topological polar surface area (TPSA) is 35.2 Å². The van der Waals surface area contributed by atoms with Crippen LogP contribution in [0.5, 0.6) is 5.75 Å². The van der Waals surface area contributed by atoms with Crippen LogP contribution in [-0.4, -0.2) is 13.7 Å². The van der Waals surface area contributed by atoms with Crippen molar-refractivity contribution in [1.29, 1.82) is 0 Å². The van der Waals surface area contributed by atoms with E-state index >= 15 is 0 Å². The summed E-state index contributed by atoms with van der Waals surface area (Å²) in [6.07, 6.45) is 0. The molecule has 2 rings (SSSR count). The molecule has 0 amide bonds. The minimum Gasteiger partial charge on any atom is -0.494 e. The molecular weight excluding hydrogens is 229 g/mol. The highest BCUT2D eigenvalue weighted by Gasteiger charge is 2.14. The zero-order valence-electron chi connectivity index (χ0n) is 10.3. The molecule has 0 fully saturated rings. The number of hydrogen-bond acceptors (Lipinski definition) is 2. The minimum atomic E-state index is -0.357. The van der Waals surface area contributed by atoms with Crippen molar-refractivity contribution in [3.8, 4) is 5.75 Å². The van der Waals surface area contributed by atoms with E-state index in [0.29, 0.717) is 6.54 Å². The Bertz CT molecular complexity index is 513. The predicted molar refractivity (Wildman–Crippen MR) is 70.3 cm³/mol. The summed E-state index contributed by atoms with van der Waals surface area (Å²) in [5.41, 5.74) is 7.75. The molecule has 2 aromatic rings. The molecule has 0 aromatic heterocycles. The fourth-order valence-electron chi connectivity index (χ4n) is 2.05. The Morgan fingerprint density at radius 3 is 2.39 bits per heavy atom. The molecule has 18 heavy (non-hydrogen) atoms. The quantitative estimate of drug-likeness (QED) is 0.898. The van der Waals surface area contributed by atoms with Gasteiger partial charge < -0.3 is 10.5 Å². The Morgan fingerprint density at radius 1 is 1.11 bits per heavy atom. The average Bonchev–Trinajstić information content (AvgIpc) is 2.41. The van der Waals surface area contributed by atoms with Gasteiger partial charge in [0.25, 0.3) is 0 Å². The molecule has 0 aliphatic carbocycles. The molecule has 94 valence electrons. The molecule has 0 heterocycles. The lowest BCUT2D eigenvalue weighted by Crippen LogP contribution is -2.14. The van der Waals surface area contributed by atoms with E-state index in [9.17, 15) is 4.39 Å². The van der Waals surface area contributed by atoms with E-state index in [1.54, 1.807) is 6.07 Å². The van der Waals surface area contributed by atoms with E-state index in [0.717, 1.165) is 11.1 Å². The molecule has 2 aromatic carbocycles. The van der Waals surface area contributed by atoms with E-state index in [-0.39, 0.29) is 17.5 Å². The molecule has 0 aliphatic heterocycles. The Balaban J connectivity index is 2.37. The van der Waals surface area contributed by atoms with E-state index in [1.807, 2.05) is 36.4 Å². The number of methoxy groups -OCH3 is 1. The van der Waals surface area contributed by atoms with Gasteiger partial charge >= 0.3 is 0 Å². The first-order chi connectivity index (χ1) is 8.76. The largest absolute Gasteiger partial charge is 0.494 e. The first-order valence-electron chi connectivity index (χ1n) is 5.84. The number of hydrogen-bond donors (Lipinski definition) is 1. The van der Waals surface area contributed by atoms with Crippen molar-refractivity contribution >= 4 is 0 Å². The fourth-order valence-corrected chi connectivity index (χ4v) is 2.05. The van der Waals surface area contributed by atoms with Crippen molar-refractivity contribution in [3.63, 3.8) is 0 Å². The van der Waals surface area contributed by atoms with Gasteiger partial charge in [0.1, 0.15) is 0 Å². The first kappa shape index (κ1) is 12.6. The number of nitrogens with two attached hydrogens (primary N) is 1. The van der Waals surface area contributed by atoms with Crippen LogP contribution in [0.3, 0.4) is 0 Å². The second-order valence-corrected chi connectivity index (χ2v) is 4.09. The molecule has 0 spiro atoms. The van der Waals surface area contributed by atoms with E-state index in [1.165, 1.54) is 13.2 Å². The van der Waals surface area contributed by atoms with Crippen LogP contribution in [0.2, 0.25) is 0 Å². The lowest BCUT2D eigenvalue weighted by molar-refractivity contribution is 0.386. The van der Waals surface area contributed by atoms with Crippen LogP contribution in [0.15, 0.2) is 48.5 Å². The van der Waals surface area contributed by atoms with E-state index in [4.69, 9.17) is 10.5 Å². The van der Waals surface area contributed by atoms with Crippen molar-refractivity contribution in [2.45, 2.75) is 5.92 Å². The summed E-state index contributed by atoms with van der Waals surface area (Å²) in [5.74, 6) is -0.0985. The highest BCUT2D eigenvalue weighted by molar-refractivity contribution is 5.37. The highest BCUT2D eigenvalue weighted by Crippen LogP contribution is 2.27.